The lowest BCUT2D eigenvalue weighted by Crippen LogP contribution is -1.99. The zero-order valence-corrected chi connectivity index (χ0v) is 13.2. The van der Waals surface area contributed by atoms with Gasteiger partial charge < -0.3 is 13.9 Å². The Bertz CT molecular complexity index is 580. The molecule has 1 atom stereocenters. The van der Waals surface area contributed by atoms with Crippen molar-refractivity contribution in [3.8, 4) is 11.5 Å². The number of rotatable bonds is 4. The first-order valence-corrected chi connectivity index (χ1v) is 6.92. The average Bonchev–Trinajstić information content (AvgIpc) is 2.84. The molecule has 2 aromatic rings. The Morgan fingerprint density at radius 3 is 2.42 bits per heavy atom. The third-order valence-electron chi connectivity index (χ3n) is 2.80. The number of furan rings is 1. The minimum absolute atomic E-state index is 0.411. The summed E-state index contributed by atoms with van der Waals surface area (Å²) in [7, 11) is 3.20. The van der Waals surface area contributed by atoms with Gasteiger partial charge in [0.25, 0.3) is 0 Å². The van der Waals surface area contributed by atoms with Gasteiger partial charge in [0, 0.05) is 5.56 Å². The van der Waals surface area contributed by atoms with Crippen molar-refractivity contribution in [1.29, 1.82) is 0 Å². The van der Waals surface area contributed by atoms with Crippen molar-refractivity contribution in [2.45, 2.75) is 12.3 Å². The summed E-state index contributed by atoms with van der Waals surface area (Å²) in [4.78, 5) is 0. The summed E-state index contributed by atoms with van der Waals surface area (Å²) in [5.41, 5.74) is 0.825. The van der Waals surface area contributed by atoms with Crippen LogP contribution in [0, 0.1) is 6.92 Å². The molecule has 2 rings (SSSR count). The van der Waals surface area contributed by atoms with Gasteiger partial charge in [0.05, 0.1) is 14.2 Å². The molecule has 0 aliphatic heterocycles. The first-order valence-electron chi connectivity index (χ1n) is 5.69. The van der Waals surface area contributed by atoms with Gasteiger partial charge in [-0.15, -0.1) is 11.6 Å². The molecule has 0 saturated carbocycles. The molecule has 1 unspecified atom stereocenters. The van der Waals surface area contributed by atoms with E-state index in [9.17, 15) is 0 Å². The molecule has 5 heteroatoms. The zero-order chi connectivity index (χ0) is 14.0. The summed E-state index contributed by atoms with van der Waals surface area (Å²) in [6.07, 6.45) is 0. The van der Waals surface area contributed by atoms with E-state index < -0.39 is 5.38 Å². The highest BCUT2D eigenvalue weighted by atomic mass is 79.9. The number of hydrogen-bond acceptors (Lipinski definition) is 3. The second-order valence-corrected chi connectivity index (χ2v) is 5.24. The molecule has 0 radical (unpaired) electrons. The fourth-order valence-electron chi connectivity index (χ4n) is 1.86. The van der Waals surface area contributed by atoms with E-state index in [1.165, 1.54) is 0 Å². The Labute approximate surface area is 125 Å². The van der Waals surface area contributed by atoms with E-state index in [0.29, 0.717) is 17.3 Å². The van der Waals surface area contributed by atoms with Gasteiger partial charge in [0.15, 0.2) is 0 Å². The summed E-state index contributed by atoms with van der Waals surface area (Å²) >= 11 is 9.92. The Balaban J connectivity index is 2.47. The van der Waals surface area contributed by atoms with Crippen molar-refractivity contribution in [1.82, 2.24) is 0 Å². The fraction of sp³-hybridized carbons (Fsp3) is 0.286. The molecule has 0 N–H and O–H groups in total. The van der Waals surface area contributed by atoms with Crippen molar-refractivity contribution in [2.24, 2.45) is 0 Å². The van der Waals surface area contributed by atoms with E-state index in [4.69, 9.17) is 25.5 Å². The Kier molecular flexibility index (Phi) is 4.42. The van der Waals surface area contributed by atoms with E-state index in [0.717, 1.165) is 15.8 Å². The molecule has 3 nitrogen and oxygen atoms in total. The third kappa shape index (κ3) is 2.74. The normalized spacial score (nSPS) is 12.3. The van der Waals surface area contributed by atoms with Crippen molar-refractivity contribution < 1.29 is 13.9 Å². The highest BCUT2D eigenvalue weighted by Gasteiger charge is 2.22. The van der Waals surface area contributed by atoms with Crippen LogP contribution in [0.5, 0.6) is 11.5 Å². The molecule has 0 amide bonds. The van der Waals surface area contributed by atoms with Gasteiger partial charge in [-0.3, -0.25) is 0 Å². The molecule has 0 aliphatic rings. The maximum Gasteiger partial charge on any atom is 0.141 e. The van der Waals surface area contributed by atoms with Crippen LogP contribution in [-0.2, 0) is 0 Å². The number of halogens is 2. The van der Waals surface area contributed by atoms with Crippen LogP contribution in [0.4, 0.5) is 0 Å². The van der Waals surface area contributed by atoms with Gasteiger partial charge in [-0.1, -0.05) is 0 Å². The molecule has 0 fully saturated rings. The number of benzene rings is 1. The van der Waals surface area contributed by atoms with Crippen LogP contribution >= 0.6 is 27.5 Å². The second-order valence-electron chi connectivity index (χ2n) is 4.02. The summed E-state index contributed by atoms with van der Waals surface area (Å²) in [5, 5.41) is -0.411. The molecule has 1 heterocycles. The minimum atomic E-state index is -0.411. The van der Waals surface area contributed by atoms with Crippen LogP contribution in [0.25, 0.3) is 0 Å². The lowest BCUT2D eigenvalue weighted by molar-refractivity contribution is 0.385. The van der Waals surface area contributed by atoms with Crippen LogP contribution in [0.15, 0.2) is 33.2 Å². The summed E-state index contributed by atoms with van der Waals surface area (Å²) in [6.45, 7) is 1.88. The van der Waals surface area contributed by atoms with Crippen LogP contribution in [0.2, 0.25) is 0 Å². The Hall–Kier alpha value is -1.13. The first kappa shape index (κ1) is 14.3. The van der Waals surface area contributed by atoms with Gasteiger partial charge >= 0.3 is 0 Å². The fourth-order valence-corrected chi connectivity index (χ4v) is 2.83. The van der Waals surface area contributed by atoms with Gasteiger partial charge in [0.2, 0.25) is 0 Å². The van der Waals surface area contributed by atoms with Gasteiger partial charge in [-0.05, 0) is 47.1 Å². The molecular weight excluding hydrogens is 332 g/mol. The lowest BCUT2D eigenvalue weighted by Gasteiger charge is -2.15. The lowest BCUT2D eigenvalue weighted by atomic mass is 10.1. The number of alkyl halides is 1. The van der Waals surface area contributed by atoms with Gasteiger partial charge in [0.1, 0.15) is 32.9 Å². The molecule has 1 aromatic heterocycles. The maximum atomic E-state index is 6.46. The molecule has 0 bridgehead atoms. The monoisotopic (exact) mass is 344 g/mol. The number of methoxy groups -OCH3 is 2. The number of aryl methyl sites for hydroxylation is 1. The summed E-state index contributed by atoms with van der Waals surface area (Å²) in [6, 6.07) is 7.46. The topological polar surface area (TPSA) is 31.6 Å². The second kappa shape index (κ2) is 5.88. The standard InChI is InChI=1S/C14H14BrClO3/c1-8-4-6-11(19-8)13(16)9-5-7-10(17-2)12(15)14(9)18-3/h4-7,13H,1-3H3. The predicted molar refractivity (Wildman–Crippen MR) is 78.4 cm³/mol. The first-order chi connectivity index (χ1) is 9.08. The van der Waals surface area contributed by atoms with Crippen molar-refractivity contribution in [3.63, 3.8) is 0 Å². The van der Waals surface area contributed by atoms with E-state index in [1.807, 2.05) is 31.2 Å². The van der Waals surface area contributed by atoms with Crippen LogP contribution < -0.4 is 9.47 Å². The van der Waals surface area contributed by atoms with Crippen molar-refractivity contribution in [3.05, 3.63) is 45.8 Å². The molecule has 102 valence electrons. The van der Waals surface area contributed by atoms with Crippen LogP contribution in [-0.4, -0.2) is 14.2 Å². The SMILES string of the molecule is COc1ccc(C(Cl)c2ccc(C)o2)c(OC)c1Br. The average molecular weight is 346 g/mol. The van der Waals surface area contributed by atoms with Crippen LogP contribution in [0.3, 0.4) is 0 Å². The maximum absolute atomic E-state index is 6.46. The summed E-state index contributed by atoms with van der Waals surface area (Å²) in [5.74, 6) is 2.86. The number of ether oxygens (including phenoxy) is 2. The highest BCUT2D eigenvalue weighted by molar-refractivity contribution is 9.10. The molecule has 1 aromatic carbocycles. The van der Waals surface area contributed by atoms with Crippen LogP contribution in [0.1, 0.15) is 22.5 Å². The van der Waals surface area contributed by atoms with Gasteiger partial charge in [-0.2, -0.15) is 0 Å². The largest absolute Gasteiger partial charge is 0.495 e. The van der Waals surface area contributed by atoms with E-state index in [2.05, 4.69) is 15.9 Å². The third-order valence-corrected chi connectivity index (χ3v) is 4.00. The smallest absolute Gasteiger partial charge is 0.141 e. The predicted octanol–water partition coefficient (Wildman–Crippen LogP) is 4.70. The summed E-state index contributed by atoms with van der Waals surface area (Å²) < 4.78 is 17.0. The molecule has 0 spiro atoms. The van der Waals surface area contributed by atoms with E-state index in [-0.39, 0.29) is 0 Å². The molecular formula is C14H14BrClO3. The minimum Gasteiger partial charge on any atom is -0.495 e. The molecule has 0 aliphatic carbocycles. The quantitative estimate of drug-likeness (QED) is 0.753. The van der Waals surface area contributed by atoms with Crippen molar-refractivity contribution in [2.75, 3.05) is 14.2 Å². The van der Waals surface area contributed by atoms with E-state index >= 15 is 0 Å². The molecule has 19 heavy (non-hydrogen) atoms. The van der Waals surface area contributed by atoms with Crippen molar-refractivity contribution >= 4 is 27.5 Å². The Morgan fingerprint density at radius 2 is 1.89 bits per heavy atom. The Morgan fingerprint density at radius 1 is 1.16 bits per heavy atom. The van der Waals surface area contributed by atoms with Gasteiger partial charge in [-0.25, -0.2) is 0 Å². The highest BCUT2D eigenvalue weighted by Crippen LogP contribution is 2.43. The number of hydrogen-bond donors (Lipinski definition) is 0. The van der Waals surface area contributed by atoms with E-state index in [1.54, 1.807) is 14.2 Å². The molecule has 0 saturated heterocycles. The zero-order valence-electron chi connectivity index (χ0n) is 10.9.